The van der Waals surface area contributed by atoms with Crippen molar-refractivity contribution in [1.82, 2.24) is 0 Å². The lowest BCUT2D eigenvalue weighted by Crippen LogP contribution is -2.14. The highest BCUT2D eigenvalue weighted by atomic mass is 35.5. The van der Waals surface area contributed by atoms with Gasteiger partial charge in [-0.25, -0.2) is 0 Å². The van der Waals surface area contributed by atoms with E-state index >= 15 is 0 Å². The second-order valence-corrected chi connectivity index (χ2v) is 6.53. The molecule has 0 aliphatic carbocycles. The molecule has 0 heterocycles. The molecule has 1 amide bonds. The van der Waals surface area contributed by atoms with Crippen molar-refractivity contribution < 1.29 is 9.53 Å². The molecule has 22 heavy (non-hydrogen) atoms. The molecule has 3 nitrogen and oxygen atoms in total. The van der Waals surface area contributed by atoms with Crippen LogP contribution in [0.25, 0.3) is 0 Å². The second kappa shape index (κ2) is 7.97. The Labute approximate surface area is 147 Å². The summed E-state index contributed by atoms with van der Waals surface area (Å²) in [6.07, 6.45) is 0. The first-order valence-corrected chi connectivity index (χ1v) is 8.33. The summed E-state index contributed by atoms with van der Waals surface area (Å²) >= 11 is 19.2. The number of carbonyl (C=O) groups excluding carboxylic acids is 1. The predicted molar refractivity (Wildman–Crippen MR) is 93.8 cm³/mol. The number of rotatable bonds is 5. The molecule has 0 radical (unpaired) electrons. The first-order valence-electron chi connectivity index (χ1n) is 6.21. The van der Waals surface area contributed by atoms with Crippen LogP contribution >= 0.6 is 46.6 Å². The number of halogens is 3. The highest BCUT2D eigenvalue weighted by Crippen LogP contribution is 2.32. The van der Waals surface area contributed by atoms with Gasteiger partial charge in [-0.1, -0.05) is 40.9 Å². The van der Waals surface area contributed by atoms with Gasteiger partial charge >= 0.3 is 0 Å². The van der Waals surface area contributed by atoms with E-state index in [1.54, 1.807) is 7.11 Å². The smallest absolute Gasteiger partial charge is 0.234 e. The van der Waals surface area contributed by atoms with Gasteiger partial charge in [0, 0.05) is 4.90 Å². The summed E-state index contributed by atoms with van der Waals surface area (Å²) in [5.74, 6) is 0.801. The van der Waals surface area contributed by atoms with Crippen LogP contribution in [-0.4, -0.2) is 18.8 Å². The lowest BCUT2D eigenvalue weighted by atomic mass is 10.3. The first-order chi connectivity index (χ1) is 10.5. The highest BCUT2D eigenvalue weighted by molar-refractivity contribution is 8.00. The fraction of sp³-hybridized carbons (Fsp3) is 0.133. The lowest BCUT2D eigenvalue weighted by molar-refractivity contribution is -0.113. The van der Waals surface area contributed by atoms with Gasteiger partial charge in [0.05, 0.1) is 33.6 Å². The van der Waals surface area contributed by atoms with E-state index in [-0.39, 0.29) is 11.7 Å². The Bertz CT molecular complexity index is 694. The zero-order chi connectivity index (χ0) is 16.1. The van der Waals surface area contributed by atoms with Gasteiger partial charge in [-0.15, -0.1) is 11.8 Å². The molecule has 116 valence electrons. The van der Waals surface area contributed by atoms with Crippen LogP contribution in [0, 0.1) is 0 Å². The van der Waals surface area contributed by atoms with Gasteiger partial charge in [0.15, 0.2) is 0 Å². The Hall–Kier alpha value is -1.07. The molecule has 1 N–H and O–H groups in total. The fourth-order valence-corrected chi connectivity index (χ4v) is 2.98. The van der Waals surface area contributed by atoms with Gasteiger partial charge < -0.3 is 10.1 Å². The van der Waals surface area contributed by atoms with E-state index in [1.807, 2.05) is 24.3 Å². The highest BCUT2D eigenvalue weighted by Gasteiger charge is 2.10. The Morgan fingerprint density at radius 2 is 1.86 bits per heavy atom. The van der Waals surface area contributed by atoms with E-state index in [1.165, 1.54) is 23.9 Å². The number of benzene rings is 2. The van der Waals surface area contributed by atoms with Crippen LogP contribution in [0.1, 0.15) is 0 Å². The van der Waals surface area contributed by atoms with E-state index in [0.29, 0.717) is 20.8 Å². The summed E-state index contributed by atoms with van der Waals surface area (Å²) < 4.78 is 5.14. The van der Waals surface area contributed by atoms with E-state index in [0.717, 1.165) is 10.6 Å². The zero-order valence-electron chi connectivity index (χ0n) is 11.5. The number of anilines is 1. The number of ether oxygens (including phenoxy) is 1. The Balaban J connectivity index is 1.97. The maximum atomic E-state index is 12.0. The molecule has 0 bridgehead atoms. The molecule has 0 unspecified atom stereocenters. The minimum atomic E-state index is -0.187. The monoisotopic (exact) mass is 375 g/mol. The molecule has 2 aromatic carbocycles. The van der Waals surface area contributed by atoms with Crippen molar-refractivity contribution in [3.8, 4) is 5.75 Å². The lowest BCUT2D eigenvalue weighted by Gasteiger charge is -2.09. The standard InChI is InChI=1S/C15H12Cl3NO2S/c1-21-9-3-2-4-10(5-9)22-8-15(20)19-14-7-12(17)11(16)6-13(14)18/h2-7H,8H2,1H3,(H,19,20). The summed E-state index contributed by atoms with van der Waals surface area (Å²) in [6, 6.07) is 10.5. The zero-order valence-corrected chi connectivity index (χ0v) is 14.6. The van der Waals surface area contributed by atoms with Crippen molar-refractivity contribution in [2.45, 2.75) is 4.90 Å². The van der Waals surface area contributed by atoms with Crippen molar-refractivity contribution in [3.05, 3.63) is 51.5 Å². The summed E-state index contributed by atoms with van der Waals surface area (Å²) in [4.78, 5) is 12.9. The molecule has 2 aromatic rings. The summed E-state index contributed by atoms with van der Waals surface area (Å²) in [5, 5.41) is 3.73. The van der Waals surface area contributed by atoms with Crippen LogP contribution in [-0.2, 0) is 4.79 Å². The van der Waals surface area contributed by atoms with Crippen LogP contribution in [0.3, 0.4) is 0 Å². The van der Waals surface area contributed by atoms with E-state index < -0.39 is 0 Å². The SMILES string of the molecule is COc1cccc(SCC(=O)Nc2cc(Cl)c(Cl)cc2Cl)c1. The third-order valence-electron chi connectivity index (χ3n) is 2.70. The van der Waals surface area contributed by atoms with Gasteiger partial charge in [0.2, 0.25) is 5.91 Å². The molecule has 0 aromatic heterocycles. The van der Waals surface area contributed by atoms with Gasteiger partial charge in [-0.3, -0.25) is 4.79 Å². The van der Waals surface area contributed by atoms with E-state index in [9.17, 15) is 4.79 Å². The van der Waals surface area contributed by atoms with Crippen molar-refractivity contribution in [2.75, 3.05) is 18.2 Å². The average Bonchev–Trinajstić information content (AvgIpc) is 2.51. The molecule has 0 saturated carbocycles. The molecule has 0 aliphatic heterocycles. The molecule has 0 atom stereocenters. The number of nitrogens with one attached hydrogen (secondary N) is 1. The predicted octanol–water partition coefficient (Wildman–Crippen LogP) is 5.39. The van der Waals surface area contributed by atoms with Crippen LogP contribution < -0.4 is 10.1 Å². The number of thioether (sulfide) groups is 1. The maximum absolute atomic E-state index is 12.0. The van der Waals surface area contributed by atoms with Crippen LogP contribution in [0.4, 0.5) is 5.69 Å². The second-order valence-electron chi connectivity index (χ2n) is 4.26. The molecule has 0 spiro atoms. The minimum Gasteiger partial charge on any atom is -0.497 e. The molecule has 0 saturated heterocycles. The number of hydrogen-bond donors (Lipinski definition) is 1. The van der Waals surface area contributed by atoms with Crippen LogP contribution in [0.2, 0.25) is 15.1 Å². The van der Waals surface area contributed by atoms with Crippen molar-refractivity contribution in [3.63, 3.8) is 0 Å². The van der Waals surface area contributed by atoms with Crippen LogP contribution in [0.5, 0.6) is 5.75 Å². The largest absolute Gasteiger partial charge is 0.497 e. The number of hydrogen-bond acceptors (Lipinski definition) is 3. The van der Waals surface area contributed by atoms with Gasteiger partial charge in [-0.05, 0) is 30.3 Å². The quantitative estimate of drug-likeness (QED) is 0.562. The number of carbonyl (C=O) groups is 1. The van der Waals surface area contributed by atoms with Crippen molar-refractivity contribution >= 4 is 58.2 Å². The van der Waals surface area contributed by atoms with Gasteiger partial charge in [-0.2, -0.15) is 0 Å². The Morgan fingerprint density at radius 3 is 2.59 bits per heavy atom. The molecular formula is C15H12Cl3NO2S. The van der Waals surface area contributed by atoms with Crippen molar-refractivity contribution in [1.29, 1.82) is 0 Å². The molecule has 7 heteroatoms. The molecule has 0 aliphatic rings. The summed E-state index contributed by atoms with van der Waals surface area (Å²) in [5.41, 5.74) is 0.437. The summed E-state index contributed by atoms with van der Waals surface area (Å²) in [6.45, 7) is 0. The molecule has 2 rings (SSSR count). The molecule has 0 fully saturated rings. The van der Waals surface area contributed by atoms with E-state index in [4.69, 9.17) is 39.5 Å². The summed E-state index contributed by atoms with van der Waals surface area (Å²) in [7, 11) is 1.60. The normalized spacial score (nSPS) is 10.4. The van der Waals surface area contributed by atoms with E-state index in [2.05, 4.69) is 5.32 Å². The van der Waals surface area contributed by atoms with Crippen LogP contribution in [0.15, 0.2) is 41.3 Å². The Kier molecular flexibility index (Phi) is 6.26. The van der Waals surface area contributed by atoms with Crippen molar-refractivity contribution in [2.24, 2.45) is 0 Å². The van der Waals surface area contributed by atoms with Gasteiger partial charge in [0.25, 0.3) is 0 Å². The molecular weight excluding hydrogens is 365 g/mol. The topological polar surface area (TPSA) is 38.3 Å². The first kappa shape index (κ1) is 17.3. The number of amides is 1. The maximum Gasteiger partial charge on any atom is 0.234 e. The number of methoxy groups -OCH3 is 1. The third kappa shape index (κ3) is 4.71. The minimum absolute atomic E-state index is 0.187. The van der Waals surface area contributed by atoms with Gasteiger partial charge in [0.1, 0.15) is 5.75 Å². The Morgan fingerprint density at radius 1 is 1.14 bits per heavy atom. The fourth-order valence-electron chi connectivity index (χ4n) is 1.64. The third-order valence-corrected chi connectivity index (χ3v) is 4.72. The average molecular weight is 377 g/mol.